The van der Waals surface area contributed by atoms with Gasteiger partial charge < -0.3 is 4.52 Å². The zero-order chi connectivity index (χ0) is 17.1. The van der Waals surface area contributed by atoms with Crippen molar-refractivity contribution in [1.82, 2.24) is 24.9 Å². The maximum atomic E-state index is 5.35. The first kappa shape index (κ1) is 15.6. The molecule has 0 aliphatic carbocycles. The van der Waals surface area contributed by atoms with Gasteiger partial charge >= 0.3 is 0 Å². The van der Waals surface area contributed by atoms with Crippen molar-refractivity contribution in [1.29, 1.82) is 0 Å². The number of aromatic nitrogens is 5. The molecule has 0 radical (unpaired) electrons. The minimum Gasteiger partial charge on any atom is -0.338 e. The summed E-state index contributed by atoms with van der Waals surface area (Å²) in [6.07, 6.45) is 0. The molecule has 6 nitrogen and oxygen atoms in total. The van der Waals surface area contributed by atoms with Crippen LogP contribution in [-0.2, 0) is 5.75 Å². The SMILES string of the molecule is Cc1nnc(SCc2nc(-c3ccccc3)no2)n1-c1ccccc1. The van der Waals surface area contributed by atoms with Crippen LogP contribution in [0.4, 0.5) is 0 Å². The average molecular weight is 349 g/mol. The minimum absolute atomic E-state index is 0.533. The highest BCUT2D eigenvalue weighted by molar-refractivity contribution is 7.98. The molecule has 0 bridgehead atoms. The van der Waals surface area contributed by atoms with Gasteiger partial charge in [-0.3, -0.25) is 4.57 Å². The van der Waals surface area contributed by atoms with Gasteiger partial charge in [0, 0.05) is 11.3 Å². The zero-order valence-corrected chi connectivity index (χ0v) is 14.3. The number of thioether (sulfide) groups is 1. The largest absolute Gasteiger partial charge is 0.338 e. The molecule has 0 N–H and O–H groups in total. The van der Waals surface area contributed by atoms with Crippen molar-refractivity contribution < 1.29 is 4.52 Å². The van der Waals surface area contributed by atoms with Gasteiger partial charge in [-0.05, 0) is 19.1 Å². The molecule has 2 heterocycles. The zero-order valence-electron chi connectivity index (χ0n) is 13.5. The molecular weight excluding hydrogens is 334 g/mol. The van der Waals surface area contributed by atoms with Crippen LogP contribution < -0.4 is 0 Å². The third-order valence-corrected chi connectivity index (χ3v) is 4.55. The summed E-state index contributed by atoms with van der Waals surface area (Å²) < 4.78 is 7.37. The summed E-state index contributed by atoms with van der Waals surface area (Å²) in [5.74, 6) is 2.52. The summed E-state index contributed by atoms with van der Waals surface area (Å²) in [5, 5.41) is 13.3. The summed E-state index contributed by atoms with van der Waals surface area (Å²) >= 11 is 1.52. The second-order valence-corrected chi connectivity index (χ2v) is 6.31. The van der Waals surface area contributed by atoms with Crippen molar-refractivity contribution in [2.45, 2.75) is 17.8 Å². The fraction of sp³-hybridized carbons (Fsp3) is 0.111. The third kappa shape index (κ3) is 3.32. The first-order chi connectivity index (χ1) is 12.3. The van der Waals surface area contributed by atoms with E-state index in [0.717, 1.165) is 22.2 Å². The summed E-state index contributed by atoms with van der Waals surface area (Å²) in [6, 6.07) is 19.8. The molecule has 0 fully saturated rings. The fourth-order valence-corrected chi connectivity index (χ4v) is 3.29. The van der Waals surface area contributed by atoms with E-state index in [1.807, 2.05) is 72.2 Å². The molecule has 0 saturated carbocycles. The Hall–Kier alpha value is -2.93. The molecule has 124 valence electrons. The van der Waals surface area contributed by atoms with Crippen LogP contribution in [-0.4, -0.2) is 24.9 Å². The van der Waals surface area contributed by atoms with E-state index in [1.165, 1.54) is 11.8 Å². The third-order valence-electron chi connectivity index (χ3n) is 3.63. The molecule has 0 spiro atoms. The predicted octanol–water partition coefficient (Wildman–Crippen LogP) is 3.92. The Morgan fingerprint density at radius 2 is 1.68 bits per heavy atom. The van der Waals surface area contributed by atoms with Crippen LogP contribution in [0.25, 0.3) is 17.1 Å². The lowest BCUT2D eigenvalue weighted by atomic mass is 10.2. The van der Waals surface area contributed by atoms with Crippen molar-refractivity contribution in [2.75, 3.05) is 0 Å². The number of hydrogen-bond acceptors (Lipinski definition) is 6. The molecular formula is C18H15N5OS. The van der Waals surface area contributed by atoms with E-state index in [9.17, 15) is 0 Å². The topological polar surface area (TPSA) is 69.6 Å². The molecule has 0 amide bonds. The molecule has 4 rings (SSSR count). The van der Waals surface area contributed by atoms with Crippen LogP contribution in [0.5, 0.6) is 0 Å². The molecule has 0 aliphatic heterocycles. The van der Waals surface area contributed by atoms with E-state index < -0.39 is 0 Å². The molecule has 2 aromatic carbocycles. The Labute approximate surface area is 148 Å². The number of nitrogens with zero attached hydrogens (tertiary/aromatic N) is 5. The summed E-state index contributed by atoms with van der Waals surface area (Å²) in [6.45, 7) is 1.93. The van der Waals surface area contributed by atoms with E-state index >= 15 is 0 Å². The number of rotatable bonds is 5. The molecule has 0 atom stereocenters. The lowest BCUT2D eigenvalue weighted by Crippen LogP contribution is -1.98. The van der Waals surface area contributed by atoms with Crippen molar-refractivity contribution in [3.05, 3.63) is 72.4 Å². The first-order valence-electron chi connectivity index (χ1n) is 7.79. The Kier molecular flexibility index (Phi) is 4.30. The van der Waals surface area contributed by atoms with Gasteiger partial charge in [0.05, 0.1) is 5.75 Å². The highest BCUT2D eigenvalue weighted by atomic mass is 32.2. The quantitative estimate of drug-likeness (QED) is 0.509. The normalized spacial score (nSPS) is 10.9. The maximum absolute atomic E-state index is 5.35. The average Bonchev–Trinajstić information content (AvgIpc) is 3.28. The second-order valence-electron chi connectivity index (χ2n) is 5.37. The van der Waals surface area contributed by atoms with Gasteiger partial charge in [0.25, 0.3) is 0 Å². The van der Waals surface area contributed by atoms with Crippen LogP contribution in [0.1, 0.15) is 11.7 Å². The maximum Gasteiger partial charge on any atom is 0.237 e. The Morgan fingerprint density at radius 3 is 2.44 bits per heavy atom. The molecule has 0 saturated heterocycles. The molecule has 2 aromatic heterocycles. The molecule has 7 heteroatoms. The Bertz CT molecular complexity index is 966. The van der Waals surface area contributed by atoms with E-state index in [4.69, 9.17) is 4.52 Å². The summed E-state index contributed by atoms with van der Waals surface area (Å²) in [7, 11) is 0. The standard InChI is InChI=1S/C18H15N5OS/c1-13-20-21-18(23(13)15-10-6-3-7-11-15)25-12-16-19-17(22-24-16)14-8-4-2-5-9-14/h2-11H,12H2,1H3. The van der Waals surface area contributed by atoms with Crippen molar-refractivity contribution in [3.8, 4) is 17.1 Å². The van der Waals surface area contributed by atoms with Gasteiger partial charge in [0.15, 0.2) is 5.16 Å². The van der Waals surface area contributed by atoms with Gasteiger partial charge in [0.2, 0.25) is 11.7 Å². The monoisotopic (exact) mass is 349 g/mol. The first-order valence-corrected chi connectivity index (χ1v) is 8.78. The van der Waals surface area contributed by atoms with E-state index in [0.29, 0.717) is 17.5 Å². The number of hydrogen-bond donors (Lipinski definition) is 0. The summed E-state index contributed by atoms with van der Waals surface area (Å²) in [5.41, 5.74) is 1.97. The van der Waals surface area contributed by atoms with Gasteiger partial charge in [-0.15, -0.1) is 10.2 Å². The number of benzene rings is 2. The number of para-hydroxylation sites is 1. The van der Waals surface area contributed by atoms with Crippen LogP contribution in [0.15, 0.2) is 70.3 Å². The van der Waals surface area contributed by atoms with E-state index in [1.54, 1.807) is 0 Å². The van der Waals surface area contributed by atoms with Gasteiger partial charge in [-0.1, -0.05) is 65.4 Å². The van der Waals surface area contributed by atoms with Crippen LogP contribution in [0.3, 0.4) is 0 Å². The highest BCUT2D eigenvalue weighted by Crippen LogP contribution is 2.25. The van der Waals surface area contributed by atoms with E-state index in [2.05, 4.69) is 20.3 Å². The van der Waals surface area contributed by atoms with Gasteiger partial charge in [-0.2, -0.15) is 4.98 Å². The lowest BCUT2D eigenvalue weighted by Gasteiger charge is -2.06. The van der Waals surface area contributed by atoms with Gasteiger partial charge in [0.1, 0.15) is 5.82 Å². The smallest absolute Gasteiger partial charge is 0.237 e. The lowest BCUT2D eigenvalue weighted by molar-refractivity contribution is 0.391. The predicted molar refractivity (Wildman–Crippen MR) is 95.4 cm³/mol. The van der Waals surface area contributed by atoms with Crippen LogP contribution in [0, 0.1) is 6.92 Å². The number of aryl methyl sites for hydroxylation is 1. The highest BCUT2D eigenvalue weighted by Gasteiger charge is 2.14. The van der Waals surface area contributed by atoms with Crippen molar-refractivity contribution >= 4 is 11.8 Å². The van der Waals surface area contributed by atoms with Crippen LogP contribution in [0.2, 0.25) is 0 Å². The second kappa shape index (κ2) is 6.90. The molecule has 25 heavy (non-hydrogen) atoms. The van der Waals surface area contributed by atoms with Crippen LogP contribution >= 0.6 is 11.8 Å². The molecule has 0 unspecified atom stereocenters. The van der Waals surface area contributed by atoms with Crippen molar-refractivity contribution in [3.63, 3.8) is 0 Å². The molecule has 4 aromatic rings. The fourth-order valence-electron chi connectivity index (χ4n) is 2.46. The van der Waals surface area contributed by atoms with Crippen molar-refractivity contribution in [2.24, 2.45) is 0 Å². The molecule has 0 aliphatic rings. The van der Waals surface area contributed by atoms with Gasteiger partial charge in [-0.25, -0.2) is 0 Å². The summed E-state index contributed by atoms with van der Waals surface area (Å²) in [4.78, 5) is 4.45. The Morgan fingerprint density at radius 1 is 0.960 bits per heavy atom. The Balaban J connectivity index is 1.52. The van der Waals surface area contributed by atoms with E-state index in [-0.39, 0.29) is 0 Å². The minimum atomic E-state index is 0.533.